The standard InChI is InChI=1S/C15H16N2O4/c1-10(7-8-14(18)19)16-15(20)13-9-12(17-21-13)11-5-3-2-4-6-11/h2-6,9-10H,7-8H2,1H3,(H,16,20)(H,18,19). The topological polar surface area (TPSA) is 92.4 Å². The molecule has 0 fully saturated rings. The van der Waals surface area contributed by atoms with Gasteiger partial charge >= 0.3 is 5.97 Å². The number of aromatic nitrogens is 1. The molecule has 110 valence electrons. The molecule has 0 radical (unpaired) electrons. The first-order chi connectivity index (χ1) is 10.1. The van der Waals surface area contributed by atoms with E-state index in [1.807, 2.05) is 30.3 Å². The third-order valence-electron chi connectivity index (χ3n) is 2.97. The number of benzene rings is 1. The van der Waals surface area contributed by atoms with Crippen LogP contribution in [0.25, 0.3) is 11.3 Å². The van der Waals surface area contributed by atoms with Crippen molar-refractivity contribution < 1.29 is 19.2 Å². The average molecular weight is 288 g/mol. The molecule has 0 aliphatic heterocycles. The first-order valence-electron chi connectivity index (χ1n) is 6.61. The van der Waals surface area contributed by atoms with E-state index in [1.165, 1.54) is 0 Å². The van der Waals surface area contributed by atoms with Gasteiger partial charge in [0, 0.05) is 24.1 Å². The molecule has 0 bridgehead atoms. The molecule has 6 heteroatoms. The molecule has 1 atom stereocenters. The Labute approximate surface area is 121 Å². The van der Waals surface area contributed by atoms with Crippen LogP contribution in [0, 0.1) is 0 Å². The molecule has 1 amide bonds. The SMILES string of the molecule is CC(CCC(=O)O)NC(=O)c1cc(-c2ccccc2)no1. The first kappa shape index (κ1) is 14.8. The normalized spacial score (nSPS) is 11.9. The molecule has 21 heavy (non-hydrogen) atoms. The summed E-state index contributed by atoms with van der Waals surface area (Å²) in [5.74, 6) is -1.18. The van der Waals surface area contributed by atoms with Crippen molar-refractivity contribution in [2.24, 2.45) is 0 Å². The molecule has 0 aliphatic rings. The van der Waals surface area contributed by atoms with Gasteiger partial charge in [0.25, 0.3) is 5.91 Å². The molecule has 1 aromatic carbocycles. The zero-order valence-electron chi connectivity index (χ0n) is 11.6. The van der Waals surface area contributed by atoms with E-state index in [9.17, 15) is 9.59 Å². The van der Waals surface area contributed by atoms with Crippen molar-refractivity contribution in [3.05, 3.63) is 42.2 Å². The minimum absolute atomic E-state index is 0.00706. The Morgan fingerprint density at radius 1 is 1.33 bits per heavy atom. The van der Waals surface area contributed by atoms with Crippen molar-refractivity contribution in [1.82, 2.24) is 10.5 Å². The van der Waals surface area contributed by atoms with Crippen LogP contribution in [-0.4, -0.2) is 28.2 Å². The molecule has 0 aliphatic carbocycles. The molecule has 0 saturated carbocycles. The number of carbonyl (C=O) groups excluding carboxylic acids is 1. The van der Waals surface area contributed by atoms with E-state index in [-0.39, 0.29) is 18.2 Å². The Morgan fingerprint density at radius 3 is 2.71 bits per heavy atom. The van der Waals surface area contributed by atoms with Crippen molar-refractivity contribution in [2.45, 2.75) is 25.8 Å². The van der Waals surface area contributed by atoms with E-state index in [2.05, 4.69) is 10.5 Å². The van der Waals surface area contributed by atoms with Gasteiger partial charge in [-0.1, -0.05) is 35.5 Å². The monoisotopic (exact) mass is 288 g/mol. The second kappa shape index (κ2) is 6.69. The Bertz CT molecular complexity index is 622. The number of amides is 1. The van der Waals surface area contributed by atoms with Gasteiger partial charge in [-0.25, -0.2) is 0 Å². The van der Waals surface area contributed by atoms with Crippen molar-refractivity contribution in [1.29, 1.82) is 0 Å². The van der Waals surface area contributed by atoms with E-state index in [1.54, 1.807) is 13.0 Å². The number of carboxylic acids is 1. The molecular formula is C15H16N2O4. The van der Waals surface area contributed by atoms with E-state index in [0.717, 1.165) is 5.56 Å². The van der Waals surface area contributed by atoms with Gasteiger partial charge in [0.1, 0.15) is 5.69 Å². The van der Waals surface area contributed by atoms with Crippen molar-refractivity contribution in [2.75, 3.05) is 0 Å². The lowest BCUT2D eigenvalue weighted by molar-refractivity contribution is -0.137. The number of carboxylic acid groups (broad SMARTS) is 1. The highest BCUT2D eigenvalue weighted by Crippen LogP contribution is 2.18. The van der Waals surface area contributed by atoms with Gasteiger partial charge in [-0.3, -0.25) is 9.59 Å². The summed E-state index contributed by atoms with van der Waals surface area (Å²) in [5.41, 5.74) is 1.44. The van der Waals surface area contributed by atoms with Gasteiger partial charge in [-0.2, -0.15) is 0 Å². The van der Waals surface area contributed by atoms with Crippen molar-refractivity contribution in [3.63, 3.8) is 0 Å². The molecule has 0 saturated heterocycles. The Kier molecular flexibility index (Phi) is 4.71. The quantitative estimate of drug-likeness (QED) is 0.851. The number of hydrogen-bond donors (Lipinski definition) is 2. The highest BCUT2D eigenvalue weighted by atomic mass is 16.5. The zero-order chi connectivity index (χ0) is 15.2. The number of nitrogens with one attached hydrogen (secondary N) is 1. The second-order valence-electron chi connectivity index (χ2n) is 4.75. The smallest absolute Gasteiger partial charge is 0.303 e. The average Bonchev–Trinajstić information content (AvgIpc) is 2.96. The molecule has 1 heterocycles. The van der Waals surface area contributed by atoms with Crippen LogP contribution in [0.15, 0.2) is 40.9 Å². The predicted octanol–water partition coefficient (Wildman–Crippen LogP) is 2.32. The summed E-state index contributed by atoms with van der Waals surface area (Å²) in [4.78, 5) is 22.4. The molecule has 2 aromatic rings. The number of nitrogens with zero attached hydrogens (tertiary/aromatic N) is 1. The maximum absolute atomic E-state index is 12.0. The van der Waals surface area contributed by atoms with Gasteiger partial charge in [-0.15, -0.1) is 0 Å². The summed E-state index contributed by atoms with van der Waals surface area (Å²) in [6, 6.07) is 10.7. The molecule has 1 aromatic heterocycles. The van der Waals surface area contributed by atoms with E-state index >= 15 is 0 Å². The lowest BCUT2D eigenvalue weighted by atomic mass is 10.1. The lowest BCUT2D eigenvalue weighted by Gasteiger charge is -2.10. The van der Waals surface area contributed by atoms with Crippen molar-refractivity contribution in [3.8, 4) is 11.3 Å². The number of aliphatic carboxylic acids is 1. The maximum atomic E-state index is 12.0. The Morgan fingerprint density at radius 2 is 2.05 bits per heavy atom. The zero-order valence-corrected chi connectivity index (χ0v) is 11.6. The van der Waals surface area contributed by atoms with Crippen LogP contribution < -0.4 is 5.32 Å². The van der Waals surface area contributed by atoms with Crippen LogP contribution in [-0.2, 0) is 4.79 Å². The van der Waals surface area contributed by atoms with Crippen LogP contribution in [0.4, 0.5) is 0 Å². The maximum Gasteiger partial charge on any atom is 0.303 e. The minimum Gasteiger partial charge on any atom is -0.481 e. The summed E-state index contributed by atoms with van der Waals surface area (Å²) in [6.07, 6.45) is 0.369. The predicted molar refractivity (Wildman–Crippen MR) is 75.7 cm³/mol. The third kappa shape index (κ3) is 4.17. The molecule has 2 N–H and O–H groups in total. The molecule has 2 rings (SSSR count). The molecule has 1 unspecified atom stereocenters. The first-order valence-corrected chi connectivity index (χ1v) is 6.61. The van der Waals surface area contributed by atoms with Gasteiger partial charge in [-0.05, 0) is 13.3 Å². The highest BCUT2D eigenvalue weighted by Gasteiger charge is 2.16. The van der Waals surface area contributed by atoms with E-state index in [0.29, 0.717) is 12.1 Å². The summed E-state index contributed by atoms with van der Waals surface area (Å²) < 4.78 is 5.03. The van der Waals surface area contributed by atoms with E-state index < -0.39 is 11.9 Å². The molecule has 0 spiro atoms. The molecular weight excluding hydrogens is 272 g/mol. The van der Waals surface area contributed by atoms with Gasteiger partial charge in [0.05, 0.1) is 0 Å². The Balaban J connectivity index is 1.98. The largest absolute Gasteiger partial charge is 0.481 e. The van der Waals surface area contributed by atoms with Crippen molar-refractivity contribution >= 4 is 11.9 Å². The fraction of sp³-hybridized carbons (Fsp3) is 0.267. The highest BCUT2D eigenvalue weighted by molar-refractivity contribution is 5.92. The van der Waals surface area contributed by atoms with Crippen LogP contribution in [0.5, 0.6) is 0 Å². The van der Waals surface area contributed by atoms with Gasteiger partial charge in [0.2, 0.25) is 5.76 Å². The molecule has 6 nitrogen and oxygen atoms in total. The van der Waals surface area contributed by atoms with Crippen LogP contribution >= 0.6 is 0 Å². The minimum atomic E-state index is -0.887. The fourth-order valence-corrected chi connectivity index (χ4v) is 1.83. The van der Waals surface area contributed by atoms with Gasteiger partial charge < -0.3 is 14.9 Å². The lowest BCUT2D eigenvalue weighted by Crippen LogP contribution is -2.32. The Hall–Kier alpha value is -2.63. The van der Waals surface area contributed by atoms with Gasteiger partial charge in [0.15, 0.2) is 0 Å². The summed E-state index contributed by atoms with van der Waals surface area (Å²) in [7, 11) is 0. The summed E-state index contributed by atoms with van der Waals surface area (Å²) >= 11 is 0. The number of carbonyl (C=O) groups is 2. The summed E-state index contributed by atoms with van der Waals surface area (Å²) in [6.45, 7) is 1.75. The fourth-order valence-electron chi connectivity index (χ4n) is 1.83. The number of hydrogen-bond acceptors (Lipinski definition) is 4. The second-order valence-corrected chi connectivity index (χ2v) is 4.75. The van der Waals surface area contributed by atoms with Crippen LogP contribution in [0.3, 0.4) is 0 Å². The van der Waals surface area contributed by atoms with Crippen LogP contribution in [0.1, 0.15) is 30.3 Å². The van der Waals surface area contributed by atoms with E-state index in [4.69, 9.17) is 9.63 Å². The van der Waals surface area contributed by atoms with Crippen LogP contribution in [0.2, 0.25) is 0 Å². The number of rotatable bonds is 6. The summed E-state index contributed by atoms with van der Waals surface area (Å²) in [5, 5.41) is 15.1. The third-order valence-corrected chi connectivity index (χ3v) is 2.97.